The predicted octanol–water partition coefficient (Wildman–Crippen LogP) is 4.47. The van der Waals surface area contributed by atoms with Crippen LogP contribution in [-0.2, 0) is 6.18 Å². The Balaban J connectivity index is 1.97. The van der Waals surface area contributed by atoms with E-state index < -0.39 is 17.8 Å². The Morgan fingerprint density at radius 3 is 2.10 bits per heavy atom. The summed E-state index contributed by atoms with van der Waals surface area (Å²) in [5, 5.41) is 10.5. The predicted molar refractivity (Wildman–Crippen MR) is 73.4 cm³/mol. The highest BCUT2D eigenvalue weighted by Crippen LogP contribution is 2.30. The number of aliphatic hydroxyl groups is 1. The Bertz CT molecular complexity index is 579. The lowest BCUT2D eigenvalue weighted by Crippen LogP contribution is -2.10. The van der Waals surface area contributed by atoms with Crippen LogP contribution in [0.2, 0.25) is 5.02 Å². The molecular weight excluding hydrogens is 305 g/mol. The fourth-order valence-corrected chi connectivity index (χ4v) is 1.82. The Kier molecular flexibility index (Phi) is 4.75. The number of rotatable bonds is 4. The summed E-state index contributed by atoms with van der Waals surface area (Å²) in [4.78, 5) is 0. The highest BCUT2D eigenvalue weighted by atomic mass is 35.5. The second kappa shape index (κ2) is 6.37. The molecule has 0 heterocycles. The summed E-state index contributed by atoms with van der Waals surface area (Å²) >= 11 is 5.73. The van der Waals surface area contributed by atoms with E-state index in [0.29, 0.717) is 16.3 Å². The molecule has 0 aromatic heterocycles. The van der Waals surface area contributed by atoms with Crippen LogP contribution in [0.5, 0.6) is 5.75 Å². The van der Waals surface area contributed by atoms with E-state index in [4.69, 9.17) is 16.3 Å². The van der Waals surface area contributed by atoms with Crippen molar-refractivity contribution in [2.24, 2.45) is 0 Å². The van der Waals surface area contributed by atoms with Gasteiger partial charge in [0.25, 0.3) is 0 Å². The van der Waals surface area contributed by atoms with Crippen LogP contribution in [0.15, 0.2) is 48.5 Å². The summed E-state index contributed by atoms with van der Waals surface area (Å²) in [5.74, 6) is 0.519. The van der Waals surface area contributed by atoms with Gasteiger partial charge in [-0.2, -0.15) is 13.2 Å². The minimum Gasteiger partial charge on any atom is -0.491 e. The number of alkyl halides is 3. The first kappa shape index (κ1) is 15.7. The van der Waals surface area contributed by atoms with Crippen LogP contribution in [0.25, 0.3) is 0 Å². The maximum Gasteiger partial charge on any atom is 0.416 e. The molecule has 0 amide bonds. The average Bonchev–Trinajstić information content (AvgIpc) is 2.45. The molecule has 0 saturated carbocycles. The molecule has 0 aliphatic rings. The maximum absolute atomic E-state index is 12.4. The van der Waals surface area contributed by atoms with Crippen molar-refractivity contribution in [3.63, 3.8) is 0 Å². The van der Waals surface area contributed by atoms with Crippen molar-refractivity contribution < 1.29 is 23.0 Å². The Labute approximate surface area is 124 Å². The van der Waals surface area contributed by atoms with Gasteiger partial charge in [-0.25, -0.2) is 0 Å². The fraction of sp³-hybridized carbons (Fsp3) is 0.200. The molecular formula is C15H12ClF3O2. The topological polar surface area (TPSA) is 29.5 Å². The Morgan fingerprint density at radius 1 is 1.00 bits per heavy atom. The molecule has 0 spiro atoms. The molecule has 2 aromatic carbocycles. The highest BCUT2D eigenvalue weighted by Gasteiger charge is 2.30. The smallest absolute Gasteiger partial charge is 0.416 e. The molecule has 112 valence electrons. The van der Waals surface area contributed by atoms with E-state index in [0.717, 1.165) is 12.1 Å². The Morgan fingerprint density at radius 2 is 1.57 bits per heavy atom. The van der Waals surface area contributed by atoms with Crippen LogP contribution in [0.4, 0.5) is 13.2 Å². The third-order valence-corrected chi connectivity index (χ3v) is 3.10. The number of hydrogen-bond donors (Lipinski definition) is 1. The van der Waals surface area contributed by atoms with E-state index in [2.05, 4.69) is 0 Å². The Hall–Kier alpha value is -1.72. The molecule has 1 unspecified atom stereocenters. The summed E-state index contributed by atoms with van der Waals surface area (Å²) in [6, 6.07) is 10.9. The van der Waals surface area contributed by atoms with Crippen molar-refractivity contribution in [3.8, 4) is 5.75 Å². The van der Waals surface area contributed by atoms with Crippen LogP contribution in [0.3, 0.4) is 0 Å². The van der Waals surface area contributed by atoms with Crippen LogP contribution < -0.4 is 4.74 Å². The van der Waals surface area contributed by atoms with E-state index in [1.807, 2.05) is 0 Å². The van der Waals surface area contributed by atoms with Crippen molar-refractivity contribution in [1.82, 2.24) is 0 Å². The van der Waals surface area contributed by atoms with Gasteiger partial charge in [0.2, 0.25) is 0 Å². The van der Waals surface area contributed by atoms with Gasteiger partial charge in [-0.15, -0.1) is 0 Å². The second-order valence-electron chi connectivity index (χ2n) is 4.40. The van der Waals surface area contributed by atoms with Crippen molar-refractivity contribution in [2.75, 3.05) is 6.61 Å². The molecule has 21 heavy (non-hydrogen) atoms. The SMILES string of the molecule is OC(COc1ccc(Cl)cc1)c1ccc(C(F)(F)F)cc1. The molecule has 0 aliphatic carbocycles. The van der Waals surface area contributed by atoms with E-state index in [1.165, 1.54) is 12.1 Å². The van der Waals surface area contributed by atoms with Crippen molar-refractivity contribution in [2.45, 2.75) is 12.3 Å². The quantitative estimate of drug-likeness (QED) is 0.901. The van der Waals surface area contributed by atoms with Gasteiger partial charge in [0, 0.05) is 5.02 Å². The lowest BCUT2D eigenvalue weighted by molar-refractivity contribution is -0.137. The van der Waals surface area contributed by atoms with Gasteiger partial charge in [-0.1, -0.05) is 23.7 Å². The number of halogens is 4. The van der Waals surface area contributed by atoms with Gasteiger partial charge in [0.15, 0.2) is 0 Å². The zero-order chi connectivity index (χ0) is 15.5. The number of hydrogen-bond acceptors (Lipinski definition) is 2. The molecule has 2 nitrogen and oxygen atoms in total. The molecule has 2 aromatic rings. The zero-order valence-corrected chi connectivity index (χ0v) is 11.5. The summed E-state index contributed by atoms with van der Waals surface area (Å²) in [6.45, 7) is -0.0625. The standard InChI is InChI=1S/C15H12ClF3O2/c16-12-5-7-13(8-6-12)21-9-14(20)10-1-3-11(4-2-10)15(17,18)19/h1-8,14,20H,9H2. The van der Waals surface area contributed by atoms with E-state index >= 15 is 0 Å². The maximum atomic E-state index is 12.4. The second-order valence-corrected chi connectivity index (χ2v) is 4.84. The van der Waals surface area contributed by atoms with E-state index in [9.17, 15) is 18.3 Å². The molecule has 0 radical (unpaired) electrons. The van der Waals surface area contributed by atoms with Crippen molar-refractivity contribution in [3.05, 3.63) is 64.7 Å². The minimum atomic E-state index is -4.39. The monoisotopic (exact) mass is 316 g/mol. The molecule has 0 bridgehead atoms. The van der Waals surface area contributed by atoms with Crippen LogP contribution in [0.1, 0.15) is 17.2 Å². The third-order valence-electron chi connectivity index (χ3n) is 2.84. The van der Waals surface area contributed by atoms with Crippen LogP contribution in [0, 0.1) is 0 Å². The van der Waals surface area contributed by atoms with Gasteiger partial charge < -0.3 is 9.84 Å². The lowest BCUT2D eigenvalue weighted by atomic mass is 10.1. The first-order valence-corrected chi connectivity index (χ1v) is 6.47. The number of aliphatic hydroxyl groups excluding tert-OH is 1. The molecule has 1 atom stereocenters. The molecule has 0 fully saturated rings. The fourth-order valence-electron chi connectivity index (χ4n) is 1.70. The molecule has 0 aliphatic heterocycles. The van der Waals surface area contributed by atoms with E-state index in [-0.39, 0.29) is 6.61 Å². The molecule has 0 saturated heterocycles. The number of benzene rings is 2. The first-order chi connectivity index (χ1) is 9.86. The van der Waals surface area contributed by atoms with Gasteiger partial charge in [-0.3, -0.25) is 0 Å². The summed E-state index contributed by atoms with van der Waals surface area (Å²) in [5.41, 5.74) is -0.394. The summed E-state index contributed by atoms with van der Waals surface area (Å²) in [6.07, 6.45) is -5.40. The van der Waals surface area contributed by atoms with Gasteiger partial charge in [0.1, 0.15) is 18.5 Å². The van der Waals surface area contributed by atoms with Gasteiger partial charge in [-0.05, 0) is 42.0 Å². The molecule has 6 heteroatoms. The average molecular weight is 317 g/mol. The summed E-state index contributed by atoms with van der Waals surface area (Å²) < 4.78 is 42.6. The van der Waals surface area contributed by atoms with E-state index in [1.54, 1.807) is 24.3 Å². The normalized spacial score (nSPS) is 13.0. The first-order valence-electron chi connectivity index (χ1n) is 6.10. The van der Waals surface area contributed by atoms with Gasteiger partial charge >= 0.3 is 6.18 Å². The van der Waals surface area contributed by atoms with Crippen LogP contribution >= 0.6 is 11.6 Å². The zero-order valence-electron chi connectivity index (χ0n) is 10.8. The van der Waals surface area contributed by atoms with Crippen LogP contribution in [-0.4, -0.2) is 11.7 Å². The summed E-state index contributed by atoms with van der Waals surface area (Å²) in [7, 11) is 0. The largest absolute Gasteiger partial charge is 0.491 e. The third kappa shape index (κ3) is 4.37. The van der Waals surface area contributed by atoms with Crippen molar-refractivity contribution in [1.29, 1.82) is 0 Å². The molecule has 2 rings (SSSR count). The highest BCUT2D eigenvalue weighted by molar-refractivity contribution is 6.30. The number of ether oxygens (including phenoxy) is 1. The van der Waals surface area contributed by atoms with Gasteiger partial charge in [0.05, 0.1) is 5.56 Å². The van der Waals surface area contributed by atoms with Crippen molar-refractivity contribution >= 4 is 11.6 Å². The molecule has 1 N–H and O–H groups in total. The lowest BCUT2D eigenvalue weighted by Gasteiger charge is -2.14. The minimum absolute atomic E-state index is 0.0625.